The lowest BCUT2D eigenvalue weighted by Crippen LogP contribution is -2.08. The quantitative estimate of drug-likeness (QED) is 0.603. The molecule has 110 valence electrons. The summed E-state index contributed by atoms with van der Waals surface area (Å²) in [5.41, 5.74) is -1.18. The number of hydrogen-bond acceptors (Lipinski definition) is 6. The second-order valence-corrected chi connectivity index (χ2v) is 3.75. The summed E-state index contributed by atoms with van der Waals surface area (Å²) in [7, 11) is 2.51. The molecule has 0 saturated carbocycles. The largest absolute Gasteiger partial charge is 0.493 e. The van der Waals surface area contributed by atoms with E-state index in [1.165, 1.54) is 14.2 Å². The van der Waals surface area contributed by atoms with Crippen molar-refractivity contribution in [2.75, 3.05) is 20.8 Å². The Morgan fingerprint density at radius 1 is 1.35 bits per heavy atom. The number of nitrogens with zero attached hydrogens (tertiary/aromatic N) is 1. The molecule has 0 aliphatic rings. The molecule has 0 heterocycles. The molecule has 1 aromatic rings. The molecule has 0 bridgehead atoms. The number of hydrogen-bond donors (Lipinski definition) is 1. The number of carboxylic acids is 1. The van der Waals surface area contributed by atoms with Gasteiger partial charge in [-0.05, 0) is 6.42 Å². The van der Waals surface area contributed by atoms with Crippen LogP contribution in [0.1, 0.15) is 23.7 Å². The number of rotatable bonds is 7. The maximum Gasteiger partial charge on any atom is 0.343 e. The zero-order valence-electron chi connectivity index (χ0n) is 11.3. The van der Waals surface area contributed by atoms with Gasteiger partial charge in [-0.3, -0.25) is 10.1 Å². The van der Waals surface area contributed by atoms with Gasteiger partial charge in [0.15, 0.2) is 5.75 Å². The normalized spacial score (nSPS) is 9.95. The van der Waals surface area contributed by atoms with Crippen molar-refractivity contribution in [3.05, 3.63) is 21.7 Å². The van der Waals surface area contributed by atoms with Crippen molar-refractivity contribution in [3.63, 3.8) is 0 Å². The van der Waals surface area contributed by atoms with Crippen molar-refractivity contribution in [1.82, 2.24) is 0 Å². The standard InChI is InChI=1S/C12H15NO7/c1-4-5-20-10-8(18-2)6-7(12(14)15)9(13(16)17)11(10)19-3/h6H,4-5H2,1-3H3,(H,14,15). The van der Waals surface area contributed by atoms with E-state index in [9.17, 15) is 14.9 Å². The minimum absolute atomic E-state index is 0.0218. The molecule has 1 aromatic carbocycles. The average molecular weight is 285 g/mol. The molecule has 0 aliphatic carbocycles. The van der Waals surface area contributed by atoms with Gasteiger partial charge in [0.1, 0.15) is 5.56 Å². The number of carboxylic acid groups (broad SMARTS) is 1. The first-order valence-corrected chi connectivity index (χ1v) is 5.77. The van der Waals surface area contributed by atoms with E-state index in [0.717, 1.165) is 6.07 Å². The first-order chi connectivity index (χ1) is 9.47. The van der Waals surface area contributed by atoms with Crippen LogP contribution in [-0.2, 0) is 0 Å². The summed E-state index contributed by atoms with van der Waals surface area (Å²) in [6.45, 7) is 2.15. The number of benzene rings is 1. The fourth-order valence-electron chi connectivity index (χ4n) is 1.63. The molecule has 8 heteroatoms. The molecule has 0 saturated heterocycles. The van der Waals surface area contributed by atoms with Gasteiger partial charge >= 0.3 is 11.7 Å². The summed E-state index contributed by atoms with van der Waals surface area (Å²) in [5, 5.41) is 20.2. The van der Waals surface area contributed by atoms with E-state index < -0.39 is 22.1 Å². The van der Waals surface area contributed by atoms with Gasteiger partial charge in [0, 0.05) is 6.07 Å². The summed E-state index contributed by atoms with van der Waals surface area (Å²) < 4.78 is 15.4. The van der Waals surface area contributed by atoms with Crippen LogP contribution in [-0.4, -0.2) is 36.8 Å². The molecule has 1 N–H and O–H groups in total. The van der Waals surface area contributed by atoms with Gasteiger partial charge in [-0.15, -0.1) is 0 Å². The van der Waals surface area contributed by atoms with Crippen LogP contribution < -0.4 is 14.2 Å². The Balaban J connectivity index is 3.61. The summed E-state index contributed by atoms with van der Waals surface area (Å²) >= 11 is 0. The van der Waals surface area contributed by atoms with Gasteiger partial charge in [-0.2, -0.15) is 0 Å². The number of ether oxygens (including phenoxy) is 3. The first-order valence-electron chi connectivity index (χ1n) is 5.77. The third-order valence-electron chi connectivity index (χ3n) is 2.46. The molecule has 1 rings (SSSR count). The minimum Gasteiger partial charge on any atom is -0.493 e. The van der Waals surface area contributed by atoms with Crippen LogP contribution in [0.25, 0.3) is 0 Å². The molecular formula is C12H15NO7. The third-order valence-corrected chi connectivity index (χ3v) is 2.46. The predicted octanol–water partition coefficient (Wildman–Crippen LogP) is 2.10. The molecular weight excluding hydrogens is 270 g/mol. The van der Waals surface area contributed by atoms with Gasteiger partial charge in [0.2, 0.25) is 11.5 Å². The van der Waals surface area contributed by atoms with Crippen LogP contribution in [0, 0.1) is 10.1 Å². The van der Waals surface area contributed by atoms with E-state index in [1.54, 1.807) is 0 Å². The van der Waals surface area contributed by atoms with Crippen molar-refractivity contribution in [1.29, 1.82) is 0 Å². The Labute approximate surface area is 115 Å². The highest BCUT2D eigenvalue weighted by atomic mass is 16.6. The molecule has 0 radical (unpaired) electrons. The lowest BCUT2D eigenvalue weighted by molar-refractivity contribution is -0.386. The lowest BCUT2D eigenvalue weighted by Gasteiger charge is -2.15. The summed E-state index contributed by atoms with van der Waals surface area (Å²) in [4.78, 5) is 21.4. The van der Waals surface area contributed by atoms with Gasteiger partial charge in [0.05, 0.1) is 25.7 Å². The second kappa shape index (κ2) is 6.60. The SMILES string of the molecule is CCCOc1c(OC)cc(C(=O)O)c([N+](=O)[O-])c1OC. The van der Waals surface area contributed by atoms with Crippen LogP contribution in [0.15, 0.2) is 6.07 Å². The monoisotopic (exact) mass is 285 g/mol. The van der Waals surface area contributed by atoms with Gasteiger partial charge < -0.3 is 19.3 Å². The van der Waals surface area contributed by atoms with E-state index in [-0.39, 0.29) is 23.9 Å². The second-order valence-electron chi connectivity index (χ2n) is 3.75. The van der Waals surface area contributed by atoms with Crippen LogP contribution in [0.4, 0.5) is 5.69 Å². The summed E-state index contributed by atoms with van der Waals surface area (Å²) in [6, 6.07) is 1.05. The van der Waals surface area contributed by atoms with E-state index in [2.05, 4.69) is 0 Å². The Morgan fingerprint density at radius 2 is 2.00 bits per heavy atom. The predicted molar refractivity (Wildman–Crippen MR) is 68.9 cm³/mol. The number of nitro groups is 1. The van der Waals surface area contributed by atoms with Crippen LogP contribution in [0.3, 0.4) is 0 Å². The minimum atomic E-state index is -1.45. The van der Waals surface area contributed by atoms with Gasteiger partial charge in [-0.1, -0.05) is 6.92 Å². The first kappa shape index (κ1) is 15.5. The topological polar surface area (TPSA) is 108 Å². The fourth-order valence-corrected chi connectivity index (χ4v) is 1.63. The molecule has 20 heavy (non-hydrogen) atoms. The van der Waals surface area contributed by atoms with E-state index >= 15 is 0 Å². The zero-order valence-corrected chi connectivity index (χ0v) is 11.3. The van der Waals surface area contributed by atoms with Crippen LogP contribution >= 0.6 is 0 Å². The smallest absolute Gasteiger partial charge is 0.343 e. The van der Waals surface area contributed by atoms with Crippen molar-refractivity contribution in [2.24, 2.45) is 0 Å². The number of aromatic carboxylic acids is 1. The fraction of sp³-hybridized carbons (Fsp3) is 0.417. The molecule has 0 unspecified atom stereocenters. The Kier molecular flexibility index (Phi) is 5.13. The zero-order chi connectivity index (χ0) is 15.3. The molecule has 0 aliphatic heterocycles. The van der Waals surface area contributed by atoms with Crippen molar-refractivity contribution >= 4 is 11.7 Å². The molecule has 0 amide bonds. The Hall–Kier alpha value is -2.51. The number of methoxy groups -OCH3 is 2. The summed E-state index contributed by atoms with van der Waals surface area (Å²) in [5.74, 6) is -1.62. The molecule has 8 nitrogen and oxygen atoms in total. The highest BCUT2D eigenvalue weighted by Crippen LogP contribution is 2.46. The van der Waals surface area contributed by atoms with E-state index in [0.29, 0.717) is 6.42 Å². The van der Waals surface area contributed by atoms with Crippen molar-refractivity contribution < 1.29 is 29.0 Å². The lowest BCUT2D eigenvalue weighted by atomic mass is 10.1. The molecule has 0 fully saturated rings. The number of nitro benzene ring substituents is 1. The van der Waals surface area contributed by atoms with Crippen LogP contribution in [0.5, 0.6) is 17.2 Å². The van der Waals surface area contributed by atoms with E-state index in [4.69, 9.17) is 19.3 Å². The Morgan fingerprint density at radius 3 is 2.40 bits per heavy atom. The highest BCUT2D eigenvalue weighted by Gasteiger charge is 2.32. The molecule has 0 atom stereocenters. The Bertz CT molecular complexity index is 527. The molecule has 0 aromatic heterocycles. The van der Waals surface area contributed by atoms with Gasteiger partial charge in [-0.25, -0.2) is 4.79 Å². The number of carbonyl (C=O) groups is 1. The molecule has 0 spiro atoms. The van der Waals surface area contributed by atoms with Crippen LogP contribution in [0.2, 0.25) is 0 Å². The average Bonchev–Trinajstić information content (AvgIpc) is 2.42. The van der Waals surface area contributed by atoms with Gasteiger partial charge in [0.25, 0.3) is 0 Å². The summed E-state index contributed by atoms with van der Waals surface area (Å²) in [6.07, 6.45) is 0.667. The maximum atomic E-state index is 11.1. The van der Waals surface area contributed by atoms with Crippen molar-refractivity contribution in [3.8, 4) is 17.2 Å². The third kappa shape index (κ3) is 2.90. The van der Waals surface area contributed by atoms with E-state index in [1.807, 2.05) is 6.92 Å². The van der Waals surface area contributed by atoms with Crippen molar-refractivity contribution in [2.45, 2.75) is 13.3 Å². The highest BCUT2D eigenvalue weighted by molar-refractivity contribution is 5.95. The maximum absolute atomic E-state index is 11.1.